The van der Waals surface area contributed by atoms with Crippen molar-refractivity contribution < 1.29 is 17.2 Å². The fourth-order valence-corrected chi connectivity index (χ4v) is 3.22. The first-order valence-corrected chi connectivity index (χ1v) is 7.59. The molecule has 0 atom stereocenters. The van der Waals surface area contributed by atoms with Crippen molar-refractivity contribution in [3.8, 4) is 0 Å². The number of nitrogens with two attached hydrogens (primary N) is 1. The molecule has 2 aromatic carbocycles. The zero-order valence-electron chi connectivity index (χ0n) is 11.2. The van der Waals surface area contributed by atoms with Crippen LogP contribution in [0.2, 0.25) is 0 Å². The smallest absolute Gasteiger partial charge is 0.262 e. The molecule has 0 fully saturated rings. The van der Waals surface area contributed by atoms with Crippen LogP contribution in [0.3, 0.4) is 0 Å². The summed E-state index contributed by atoms with van der Waals surface area (Å²) in [6, 6.07) is 7.50. The van der Waals surface area contributed by atoms with Gasteiger partial charge in [0.15, 0.2) is 0 Å². The van der Waals surface area contributed by atoms with Crippen LogP contribution < -0.4 is 10.5 Å². The van der Waals surface area contributed by atoms with E-state index in [-0.39, 0.29) is 22.7 Å². The molecule has 0 amide bonds. The molecule has 0 aliphatic rings. The van der Waals surface area contributed by atoms with E-state index in [4.69, 9.17) is 5.73 Å². The summed E-state index contributed by atoms with van der Waals surface area (Å²) in [5.74, 6) is -1.23. The van der Waals surface area contributed by atoms with Crippen LogP contribution in [-0.2, 0) is 16.6 Å². The summed E-state index contributed by atoms with van der Waals surface area (Å²) in [5.41, 5.74) is 5.83. The van der Waals surface area contributed by atoms with E-state index >= 15 is 0 Å². The summed E-state index contributed by atoms with van der Waals surface area (Å²) >= 11 is 0. The molecule has 0 radical (unpaired) electrons. The summed E-state index contributed by atoms with van der Waals surface area (Å²) in [4.78, 5) is -0.216. The molecule has 0 aliphatic carbocycles. The van der Waals surface area contributed by atoms with Crippen LogP contribution in [0.25, 0.3) is 0 Å². The molecule has 2 aromatic rings. The lowest BCUT2D eigenvalue weighted by Gasteiger charge is -2.12. The Labute approximate surface area is 121 Å². The van der Waals surface area contributed by atoms with Gasteiger partial charge < -0.3 is 5.73 Å². The molecule has 0 spiro atoms. The third-order valence-corrected chi connectivity index (χ3v) is 4.47. The predicted octanol–water partition coefficient (Wildman–Crippen LogP) is 2.53. The summed E-state index contributed by atoms with van der Waals surface area (Å²) in [5, 5.41) is 0. The minimum absolute atomic E-state index is 0.0136. The first kappa shape index (κ1) is 15.4. The van der Waals surface area contributed by atoms with Gasteiger partial charge in [0.05, 0.1) is 10.6 Å². The quantitative estimate of drug-likeness (QED) is 0.911. The number of anilines is 1. The van der Waals surface area contributed by atoms with Crippen molar-refractivity contribution in [3.63, 3.8) is 0 Å². The van der Waals surface area contributed by atoms with E-state index in [9.17, 15) is 17.2 Å². The van der Waals surface area contributed by atoms with Crippen LogP contribution >= 0.6 is 0 Å². The van der Waals surface area contributed by atoms with E-state index in [2.05, 4.69) is 4.72 Å². The topological polar surface area (TPSA) is 72.2 Å². The van der Waals surface area contributed by atoms with Crippen LogP contribution in [0.1, 0.15) is 11.1 Å². The molecule has 0 unspecified atom stereocenters. The van der Waals surface area contributed by atoms with Gasteiger partial charge in [0, 0.05) is 12.1 Å². The van der Waals surface area contributed by atoms with Gasteiger partial charge in [-0.3, -0.25) is 4.72 Å². The lowest BCUT2D eigenvalue weighted by molar-refractivity contribution is 0.589. The molecule has 0 saturated carbocycles. The fraction of sp³-hybridized carbons (Fsp3) is 0.143. The fourth-order valence-electron chi connectivity index (χ4n) is 1.87. The van der Waals surface area contributed by atoms with E-state index in [1.807, 2.05) is 0 Å². The van der Waals surface area contributed by atoms with Crippen molar-refractivity contribution >= 4 is 15.7 Å². The van der Waals surface area contributed by atoms with Crippen molar-refractivity contribution in [3.05, 3.63) is 59.2 Å². The lowest BCUT2D eigenvalue weighted by Crippen LogP contribution is -2.16. The molecule has 4 nitrogen and oxygen atoms in total. The third-order valence-electron chi connectivity index (χ3n) is 2.96. The van der Waals surface area contributed by atoms with Crippen LogP contribution in [0, 0.1) is 18.6 Å². The van der Waals surface area contributed by atoms with Gasteiger partial charge in [0.2, 0.25) is 0 Å². The number of hydrogen-bond acceptors (Lipinski definition) is 3. The second kappa shape index (κ2) is 5.79. The molecular formula is C14H14F2N2O2S. The van der Waals surface area contributed by atoms with Crippen molar-refractivity contribution in [2.24, 2.45) is 5.73 Å². The van der Waals surface area contributed by atoms with Crippen LogP contribution in [-0.4, -0.2) is 8.42 Å². The Hall–Kier alpha value is -1.99. The van der Waals surface area contributed by atoms with Crippen LogP contribution in [0.15, 0.2) is 41.3 Å². The van der Waals surface area contributed by atoms with Gasteiger partial charge >= 0.3 is 0 Å². The summed E-state index contributed by atoms with van der Waals surface area (Å²) in [6.45, 7) is 1.37. The molecule has 7 heteroatoms. The van der Waals surface area contributed by atoms with Crippen molar-refractivity contribution in [1.29, 1.82) is 0 Å². The molecular weight excluding hydrogens is 298 g/mol. The van der Waals surface area contributed by atoms with Gasteiger partial charge in [0.25, 0.3) is 10.0 Å². The van der Waals surface area contributed by atoms with E-state index in [1.165, 1.54) is 37.3 Å². The van der Waals surface area contributed by atoms with Gasteiger partial charge in [0.1, 0.15) is 11.6 Å². The second-order valence-corrected chi connectivity index (χ2v) is 6.17. The Morgan fingerprint density at radius 2 is 1.90 bits per heavy atom. The maximum absolute atomic E-state index is 13.8. The first-order valence-electron chi connectivity index (χ1n) is 6.11. The number of halogens is 2. The second-order valence-electron chi connectivity index (χ2n) is 4.52. The van der Waals surface area contributed by atoms with Gasteiger partial charge in [-0.25, -0.2) is 17.2 Å². The zero-order chi connectivity index (χ0) is 15.6. The van der Waals surface area contributed by atoms with Gasteiger partial charge in [-0.2, -0.15) is 0 Å². The summed E-state index contributed by atoms with van der Waals surface area (Å²) in [6.07, 6.45) is 0. The average molecular weight is 312 g/mol. The van der Waals surface area contributed by atoms with Gasteiger partial charge in [-0.15, -0.1) is 0 Å². The Kier molecular flexibility index (Phi) is 4.24. The number of sulfonamides is 1. The molecule has 112 valence electrons. The average Bonchev–Trinajstić information content (AvgIpc) is 2.41. The highest BCUT2D eigenvalue weighted by Gasteiger charge is 2.20. The number of hydrogen-bond donors (Lipinski definition) is 2. The SMILES string of the molecule is Cc1c(F)cc(CN)cc1S(=O)(=O)Nc1cccc(F)c1. The van der Waals surface area contributed by atoms with Crippen molar-refractivity contribution in [1.82, 2.24) is 0 Å². The molecule has 0 saturated heterocycles. The Morgan fingerprint density at radius 1 is 1.19 bits per heavy atom. The molecule has 0 heterocycles. The van der Waals surface area contributed by atoms with E-state index in [0.717, 1.165) is 6.07 Å². The maximum Gasteiger partial charge on any atom is 0.262 e. The lowest BCUT2D eigenvalue weighted by atomic mass is 10.1. The third kappa shape index (κ3) is 3.37. The molecule has 0 bridgehead atoms. The number of rotatable bonds is 4. The highest BCUT2D eigenvalue weighted by molar-refractivity contribution is 7.92. The predicted molar refractivity (Wildman–Crippen MR) is 76.2 cm³/mol. The Morgan fingerprint density at radius 3 is 2.52 bits per heavy atom. The summed E-state index contributed by atoms with van der Waals surface area (Å²) in [7, 11) is -4.03. The van der Waals surface area contributed by atoms with E-state index in [1.54, 1.807) is 0 Å². The normalized spacial score (nSPS) is 11.4. The van der Waals surface area contributed by atoms with Gasteiger partial charge in [-0.1, -0.05) is 6.07 Å². The minimum Gasteiger partial charge on any atom is -0.326 e. The van der Waals surface area contributed by atoms with E-state index < -0.39 is 21.7 Å². The highest BCUT2D eigenvalue weighted by Crippen LogP contribution is 2.23. The van der Waals surface area contributed by atoms with Gasteiger partial charge in [-0.05, 0) is 42.8 Å². The molecule has 0 aliphatic heterocycles. The Balaban J connectivity index is 2.47. The largest absolute Gasteiger partial charge is 0.326 e. The molecule has 21 heavy (non-hydrogen) atoms. The molecule has 0 aromatic heterocycles. The zero-order valence-corrected chi connectivity index (χ0v) is 12.0. The van der Waals surface area contributed by atoms with Crippen molar-refractivity contribution in [2.75, 3.05) is 4.72 Å². The van der Waals surface area contributed by atoms with Crippen LogP contribution in [0.4, 0.5) is 14.5 Å². The standard InChI is InChI=1S/C14H14F2N2O2S/c1-9-13(16)5-10(8-17)6-14(9)21(19,20)18-12-4-2-3-11(15)7-12/h2-7,18H,8,17H2,1H3. The number of nitrogens with one attached hydrogen (secondary N) is 1. The monoisotopic (exact) mass is 312 g/mol. The minimum atomic E-state index is -4.03. The maximum atomic E-state index is 13.8. The molecule has 2 rings (SSSR count). The molecule has 3 N–H and O–H groups in total. The van der Waals surface area contributed by atoms with Crippen LogP contribution in [0.5, 0.6) is 0 Å². The Bertz CT molecular complexity index is 777. The van der Waals surface area contributed by atoms with E-state index in [0.29, 0.717) is 5.56 Å². The summed E-state index contributed by atoms with van der Waals surface area (Å²) < 4.78 is 53.7. The first-order chi connectivity index (χ1) is 9.83. The highest BCUT2D eigenvalue weighted by atomic mass is 32.2. The number of benzene rings is 2. The van der Waals surface area contributed by atoms with Crippen molar-refractivity contribution in [2.45, 2.75) is 18.4 Å².